The quantitative estimate of drug-likeness (QED) is 0.675. The molecule has 0 bridgehead atoms. The highest BCUT2D eigenvalue weighted by atomic mass is 32.2. The fourth-order valence-corrected chi connectivity index (χ4v) is 2.54. The van der Waals surface area contributed by atoms with Gasteiger partial charge in [-0.3, -0.25) is 4.79 Å². The van der Waals surface area contributed by atoms with Gasteiger partial charge in [0.1, 0.15) is 5.75 Å². The lowest BCUT2D eigenvalue weighted by Crippen LogP contribution is -2.26. The highest BCUT2D eigenvalue weighted by molar-refractivity contribution is 7.92. The van der Waals surface area contributed by atoms with Crippen molar-refractivity contribution >= 4 is 15.6 Å². The zero-order valence-corrected chi connectivity index (χ0v) is 8.93. The molecule has 1 fully saturated rings. The molecule has 1 aliphatic carbocycles. The van der Waals surface area contributed by atoms with E-state index in [9.17, 15) is 13.2 Å². The van der Waals surface area contributed by atoms with Crippen LogP contribution in [0.25, 0.3) is 0 Å². The number of carbonyl (C=O) groups is 1. The van der Waals surface area contributed by atoms with Crippen LogP contribution in [-0.4, -0.2) is 25.2 Å². The van der Waals surface area contributed by atoms with Crippen LogP contribution in [0.1, 0.15) is 33.1 Å². The minimum atomic E-state index is -3.16. The SMILES string of the molecule is CCC(C)S(=O)(=O)CC(=O)C1CC1. The second-order valence-electron chi connectivity index (χ2n) is 3.77. The molecule has 76 valence electrons. The Bertz CT molecular complexity index is 288. The first kappa shape index (κ1) is 10.7. The summed E-state index contributed by atoms with van der Waals surface area (Å²) in [5.74, 6) is -0.272. The molecular formula is C9H16O3S. The molecule has 4 heteroatoms. The van der Waals surface area contributed by atoms with Crippen LogP contribution in [0.2, 0.25) is 0 Å². The van der Waals surface area contributed by atoms with E-state index >= 15 is 0 Å². The topological polar surface area (TPSA) is 51.2 Å². The lowest BCUT2D eigenvalue weighted by Gasteiger charge is -2.08. The van der Waals surface area contributed by atoms with Crippen LogP contribution in [-0.2, 0) is 14.6 Å². The molecule has 0 aromatic carbocycles. The Labute approximate surface area is 79.4 Å². The minimum Gasteiger partial charge on any atom is -0.298 e. The molecule has 0 spiro atoms. The Morgan fingerprint density at radius 3 is 2.38 bits per heavy atom. The van der Waals surface area contributed by atoms with Crippen LogP contribution in [0.4, 0.5) is 0 Å². The number of sulfone groups is 1. The number of hydrogen-bond acceptors (Lipinski definition) is 3. The van der Waals surface area contributed by atoms with Gasteiger partial charge in [0.25, 0.3) is 0 Å². The summed E-state index contributed by atoms with van der Waals surface area (Å²) in [7, 11) is -3.16. The van der Waals surface area contributed by atoms with Crippen molar-refractivity contribution < 1.29 is 13.2 Å². The Morgan fingerprint density at radius 2 is 2.00 bits per heavy atom. The second kappa shape index (κ2) is 3.78. The molecule has 3 nitrogen and oxygen atoms in total. The summed E-state index contributed by atoms with van der Waals surface area (Å²) in [6.45, 7) is 3.49. The second-order valence-corrected chi connectivity index (χ2v) is 6.19. The summed E-state index contributed by atoms with van der Waals surface area (Å²) < 4.78 is 23.0. The van der Waals surface area contributed by atoms with Crippen molar-refractivity contribution in [3.63, 3.8) is 0 Å². The van der Waals surface area contributed by atoms with Crippen LogP contribution >= 0.6 is 0 Å². The molecule has 0 heterocycles. The molecule has 0 amide bonds. The third-order valence-corrected chi connectivity index (χ3v) is 4.81. The van der Waals surface area contributed by atoms with Gasteiger partial charge in [-0.05, 0) is 26.2 Å². The van der Waals surface area contributed by atoms with Crippen molar-refractivity contribution in [2.45, 2.75) is 38.4 Å². The van der Waals surface area contributed by atoms with Crippen molar-refractivity contribution in [3.8, 4) is 0 Å². The fraction of sp³-hybridized carbons (Fsp3) is 0.889. The first-order valence-corrected chi connectivity index (χ1v) is 6.43. The summed E-state index contributed by atoms with van der Waals surface area (Å²) in [5.41, 5.74) is 0. The largest absolute Gasteiger partial charge is 0.298 e. The molecule has 1 unspecified atom stereocenters. The summed E-state index contributed by atoms with van der Waals surface area (Å²) >= 11 is 0. The predicted octanol–water partition coefficient (Wildman–Crippen LogP) is 1.18. The zero-order chi connectivity index (χ0) is 10.1. The van der Waals surface area contributed by atoms with Gasteiger partial charge in [-0.2, -0.15) is 0 Å². The Morgan fingerprint density at radius 1 is 1.46 bits per heavy atom. The average molecular weight is 204 g/mol. The predicted molar refractivity (Wildman–Crippen MR) is 51.3 cm³/mol. The average Bonchev–Trinajstić information content (AvgIpc) is 2.84. The van der Waals surface area contributed by atoms with E-state index in [0.29, 0.717) is 6.42 Å². The van der Waals surface area contributed by atoms with Crippen molar-refractivity contribution in [2.24, 2.45) is 5.92 Å². The monoisotopic (exact) mass is 204 g/mol. The van der Waals surface area contributed by atoms with Gasteiger partial charge in [0.2, 0.25) is 0 Å². The Balaban J connectivity index is 2.55. The third-order valence-electron chi connectivity index (χ3n) is 2.56. The van der Waals surface area contributed by atoms with E-state index in [-0.39, 0.29) is 22.7 Å². The van der Waals surface area contributed by atoms with Gasteiger partial charge < -0.3 is 0 Å². The van der Waals surface area contributed by atoms with E-state index in [1.54, 1.807) is 6.92 Å². The summed E-state index contributed by atoms with van der Waals surface area (Å²) in [6.07, 6.45) is 2.35. The maximum absolute atomic E-state index is 11.5. The summed E-state index contributed by atoms with van der Waals surface area (Å²) in [4.78, 5) is 11.3. The number of ketones is 1. The van der Waals surface area contributed by atoms with Crippen LogP contribution < -0.4 is 0 Å². The lowest BCUT2D eigenvalue weighted by atomic mass is 10.3. The van der Waals surface area contributed by atoms with Gasteiger partial charge >= 0.3 is 0 Å². The lowest BCUT2D eigenvalue weighted by molar-refractivity contribution is -0.117. The van der Waals surface area contributed by atoms with Crippen molar-refractivity contribution in [2.75, 3.05) is 5.75 Å². The maximum atomic E-state index is 11.5. The number of carbonyl (C=O) groups excluding carboxylic acids is 1. The van der Waals surface area contributed by atoms with E-state index in [2.05, 4.69) is 0 Å². The molecule has 1 aliphatic rings. The maximum Gasteiger partial charge on any atom is 0.159 e. The molecule has 0 N–H and O–H groups in total. The van der Waals surface area contributed by atoms with E-state index < -0.39 is 9.84 Å². The molecule has 0 saturated heterocycles. The first-order valence-electron chi connectivity index (χ1n) is 4.71. The van der Waals surface area contributed by atoms with Gasteiger partial charge in [0, 0.05) is 5.92 Å². The highest BCUT2D eigenvalue weighted by Gasteiger charge is 2.33. The number of hydrogen-bond donors (Lipinski definition) is 0. The summed E-state index contributed by atoms with van der Waals surface area (Å²) in [5, 5.41) is -0.379. The van der Waals surface area contributed by atoms with Crippen molar-refractivity contribution in [1.29, 1.82) is 0 Å². The van der Waals surface area contributed by atoms with Gasteiger partial charge in [-0.15, -0.1) is 0 Å². The third kappa shape index (κ3) is 2.79. The van der Waals surface area contributed by atoms with E-state index in [0.717, 1.165) is 12.8 Å². The Hall–Kier alpha value is -0.380. The number of Topliss-reactive ketones (excluding diaryl/α,β-unsaturated/α-hetero) is 1. The van der Waals surface area contributed by atoms with Gasteiger partial charge in [0.15, 0.2) is 15.6 Å². The molecule has 0 aliphatic heterocycles. The van der Waals surface area contributed by atoms with E-state index in [1.807, 2.05) is 6.92 Å². The first-order chi connectivity index (χ1) is 5.97. The van der Waals surface area contributed by atoms with Crippen LogP contribution in [0.15, 0.2) is 0 Å². The highest BCUT2D eigenvalue weighted by Crippen LogP contribution is 2.30. The van der Waals surface area contributed by atoms with E-state index in [4.69, 9.17) is 0 Å². The molecule has 1 rings (SSSR count). The Kier molecular flexibility index (Phi) is 3.11. The van der Waals surface area contributed by atoms with Gasteiger partial charge in [-0.25, -0.2) is 8.42 Å². The molecular weight excluding hydrogens is 188 g/mol. The molecule has 0 aromatic heterocycles. The fourth-order valence-electron chi connectivity index (χ4n) is 1.12. The molecule has 0 aromatic rings. The smallest absolute Gasteiger partial charge is 0.159 e. The van der Waals surface area contributed by atoms with Crippen LogP contribution in [0.5, 0.6) is 0 Å². The molecule has 1 atom stereocenters. The minimum absolute atomic E-state index is 0.0545. The molecule has 0 radical (unpaired) electrons. The molecule has 13 heavy (non-hydrogen) atoms. The normalized spacial score (nSPS) is 19.8. The standard InChI is InChI=1S/C9H16O3S/c1-3-7(2)13(11,12)6-9(10)8-4-5-8/h7-8H,3-6H2,1-2H3. The number of rotatable bonds is 5. The van der Waals surface area contributed by atoms with Crippen LogP contribution in [0, 0.1) is 5.92 Å². The van der Waals surface area contributed by atoms with Gasteiger partial charge in [0.05, 0.1) is 5.25 Å². The van der Waals surface area contributed by atoms with Crippen molar-refractivity contribution in [1.82, 2.24) is 0 Å². The van der Waals surface area contributed by atoms with Gasteiger partial charge in [-0.1, -0.05) is 6.92 Å². The van der Waals surface area contributed by atoms with Crippen molar-refractivity contribution in [3.05, 3.63) is 0 Å². The molecule has 1 saturated carbocycles. The summed E-state index contributed by atoms with van der Waals surface area (Å²) in [6, 6.07) is 0. The van der Waals surface area contributed by atoms with E-state index in [1.165, 1.54) is 0 Å². The zero-order valence-electron chi connectivity index (χ0n) is 8.12. The van der Waals surface area contributed by atoms with Crippen LogP contribution in [0.3, 0.4) is 0 Å².